The van der Waals surface area contributed by atoms with Gasteiger partial charge in [-0.05, 0) is 17.2 Å². The van der Waals surface area contributed by atoms with Gasteiger partial charge < -0.3 is 10.6 Å². The molecule has 0 aromatic heterocycles. The minimum Gasteiger partial charge on any atom is -0.340 e. The van der Waals surface area contributed by atoms with E-state index < -0.39 is 6.04 Å². The van der Waals surface area contributed by atoms with Crippen LogP contribution in [0, 0.1) is 0 Å². The van der Waals surface area contributed by atoms with E-state index in [1.54, 1.807) is 24.1 Å². The second-order valence-corrected chi connectivity index (χ2v) is 5.58. The van der Waals surface area contributed by atoms with Crippen LogP contribution in [-0.2, 0) is 11.3 Å². The molecule has 0 heterocycles. The fraction of sp³-hybridized carbons (Fsp3) is 0.188. The van der Waals surface area contributed by atoms with Gasteiger partial charge in [-0.1, -0.05) is 65.7 Å². The van der Waals surface area contributed by atoms with Gasteiger partial charge in [-0.25, -0.2) is 0 Å². The zero-order chi connectivity index (χ0) is 15.4. The monoisotopic (exact) mass is 322 g/mol. The highest BCUT2D eigenvalue weighted by Gasteiger charge is 2.20. The number of halogens is 2. The predicted octanol–water partition coefficient (Wildman–Crippen LogP) is 3.65. The Labute approximate surface area is 134 Å². The first-order valence-electron chi connectivity index (χ1n) is 6.49. The van der Waals surface area contributed by atoms with Crippen LogP contribution in [0.25, 0.3) is 0 Å². The van der Waals surface area contributed by atoms with Crippen molar-refractivity contribution >= 4 is 29.1 Å². The number of carbonyl (C=O) groups excluding carboxylic acids is 1. The van der Waals surface area contributed by atoms with Crippen LogP contribution in [0.1, 0.15) is 17.2 Å². The van der Waals surface area contributed by atoms with E-state index in [-0.39, 0.29) is 5.91 Å². The van der Waals surface area contributed by atoms with Crippen molar-refractivity contribution in [3.8, 4) is 0 Å². The van der Waals surface area contributed by atoms with Gasteiger partial charge in [0.15, 0.2) is 0 Å². The van der Waals surface area contributed by atoms with Gasteiger partial charge in [0.2, 0.25) is 5.91 Å². The van der Waals surface area contributed by atoms with Gasteiger partial charge in [-0.3, -0.25) is 4.79 Å². The van der Waals surface area contributed by atoms with Crippen LogP contribution in [-0.4, -0.2) is 17.9 Å². The lowest BCUT2D eigenvalue weighted by atomic mass is 10.1. The molecule has 0 saturated heterocycles. The third-order valence-corrected chi connectivity index (χ3v) is 4.10. The molecule has 0 radical (unpaired) electrons. The van der Waals surface area contributed by atoms with E-state index in [4.69, 9.17) is 28.9 Å². The van der Waals surface area contributed by atoms with Crippen molar-refractivity contribution in [1.29, 1.82) is 0 Å². The Morgan fingerprint density at radius 3 is 2.48 bits per heavy atom. The second kappa shape index (κ2) is 6.94. The van der Waals surface area contributed by atoms with Gasteiger partial charge in [0, 0.05) is 13.6 Å². The van der Waals surface area contributed by atoms with Crippen molar-refractivity contribution < 1.29 is 4.79 Å². The first-order valence-corrected chi connectivity index (χ1v) is 7.24. The Morgan fingerprint density at radius 1 is 1.14 bits per heavy atom. The molecule has 0 spiro atoms. The highest BCUT2D eigenvalue weighted by Crippen LogP contribution is 2.26. The average molecular weight is 323 g/mol. The lowest BCUT2D eigenvalue weighted by Gasteiger charge is -2.22. The van der Waals surface area contributed by atoms with Gasteiger partial charge in [0.25, 0.3) is 0 Å². The molecular formula is C16H16Cl2N2O. The zero-order valence-electron chi connectivity index (χ0n) is 11.6. The van der Waals surface area contributed by atoms with Crippen molar-refractivity contribution in [1.82, 2.24) is 4.90 Å². The molecule has 2 N–H and O–H groups in total. The average Bonchev–Trinajstić information content (AvgIpc) is 2.51. The Kier molecular flexibility index (Phi) is 5.23. The van der Waals surface area contributed by atoms with Crippen molar-refractivity contribution in [2.45, 2.75) is 12.6 Å². The third kappa shape index (κ3) is 3.76. The van der Waals surface area contributed by atoms with E-state index >= 15 is 0 Å². The van der Waals surface area contributed by atoms with E-state index in [0.29, 0.717) is 16.6 Å². The summed E-state index contributed by atoms with van der Waals surface area (Å²) in [6, 6.07) is 13.9. The number of rotatable bonds is 4. The fourth-order valence-electron chi connectivity index (χ4n) is 2.04. The summed E-state index contributed by atoms with van der Waals surface area (Å²) < 4.78 is 0. The van der Waals surface area contributed by atoms with Gasteiger partial charge in [0.05, 0.1) is 10.0 Å². The van der Waals surface area contributed by atoms with Crippen LogP contribution in [0.4, 0.5) is 0 Å². The highest BCUT2D eigenvalue weighted by atomic mass is 35.5. The van der Waals surface area contributed by atoms with E-state index in [1.807, 2.05) is 36.4 Å². The van der Waals surface area contributed by atoms with Crippen LogP contribution >= 0.6 is 23.2 Å². The van der Waals surface area contributed by atoms with Crippen LogP contribution in [0.5, 0.6) is 0 Å². The summed E-state index contributed by atoms with van der Waals surface area (Å²) in [4.78, 5) is 13.9. The van der Waals surface area contributed by atoms with E-state index in [1.165, 1.54) is 0 Å². The van der Waals surface area contributed by atoms with E-state index in [2.05, 4.69) is 0 Å². The molecule has 1 atom stereocenters. The highest BCUT2D eigenvalue weighted by molar-refractivity contribution is 6.42. The zero-order valence-corrected chi connectivity index (χ0v) is 13.1. The third-order valence-electron chi connectivity index (χ3n) is 3.24. The molecule has 0 aliphatic rings. The van der Waals surface area contributed by atoms with Crippen LogP contribution in [0.2, 0.25) is 10.0 Å². The van der Waals surface area contributed by atoms with Crippen molar-refractivity contribution in [3.63, 3.8) is 0 Å². The SMILES string of the molecule is CN(Cc1cccc(Cl)c1Cl)C(=O)[C@@H](N)c1ccccc1. The number of amides is 1. The number of benzene rings is 2. The van der Waals surface area contributed by atoms with Crippen molar-refractivity contribution in [3.05, 3.63) is 69.7 Å². The second-order valence-electron chi connectivity index (χ2n) is 4.80. The minimum atomic E-state index is -0.686. The Morgan fingerprint density at radius 2 is 1.81 bits per heavy atom. The van der Waals surface area contributed by atoms with E-state index in [9.17, 15) is 4.79 Å². The largest absolute Gasteiger partial charge is 0.340 e. The Bertz CT molecular complexity index is 631. The van der Waals surface area contributed by atoms with Gasteiger partial charge in [0.1, 0.15) is 6.04 Å². The van der Waals surface area contributed by atoms with Gasteiger partial charge in [-0.15, -0.1) is 0 Å². The topological polar surface area (TPSA) is 46.3 Å². The molecular weight excluding hydrogens is 307 g/mol. The summed E-state index contributed by atoms with van der Waals surface area (Å²) in [6.45, 7) is 0.360. The number of likely N-dealkylation sites (N-methyl/N-ethyl adjacent to an activating group) is 1. The molecule has 0 unspecified atom stereocenters. The molecule has 1 amide bonds. The van der Waals surface area contributed by atoms with Crippen molar-refractivity contribution in [2.24, 2.45) is 5.73 Å². The molecule has 3 nitrogen and oxygen atoms in total. The summed E-state index contributed by atoms with van der Waals surface area (Å²) in [6.07, 6.45) is 0. The number of nitrogens with two attached hydrogens (primary N) is 1. The minimum absolute atomic E-state index is 0.169. The first-order chi connectivity index (χ1) is 10.0. The summed E-state index contributed by atoms with van der Waals surface area (Å²) in [5.74, 6) is -0.169. The summed E-state index contributed by atoms with van der Waals surface area (Å²) >= 11 is 12.1. The smallest absolute Gasteiger partial charge is 0.244 e. The molecule has 0 aliphatic heterocycles. The standard InChI is InChI=1S/C16H16Cl2N2O/c1-20(10-12-8-5-9-13(17)14(12)18)16(21)15(19)11-6-3-2-4-7-11/h2-9,15H,10,19H2,1H3/t15-/m0/s1. The normalized spacial score (nSPS) is 12.0. The maximum atomic E-state index is 12.4. The molecule has 110 valence electrons. The van der Waals surface area contributed by atoms with Crippen LogP contribution < -0.4 is 5.73 Å². The molecule has 0 aliphatic carbocycles. The number of carbonyl (C=O) groups is 1. The maximum absolute atomic E-state index is 12.4. The van der Waals surface area contributed by atoms with Crippen LogP contribution in [0.15, 0.2) is 48.5 Å². The summed E-state index contributed by atoms with van der Waals surface area (Å²) in [5.41, 5.74) is 7.59. The number of hydrogen-bond donors (Lipinski definition) is 1. The molecule has 5 heteroatoms. The fourth-order valence-corrected chi connectivity index (χ4v) is 2.42. The molecule has 2 aromatic carbocycles. The lowest BCUT2D eigenvalue weighted by Crippen LogP contribution is -2.35. The number of hydrogen-bond acceptors (Lipinski definition) is 2. The molecule has 0 bridgehead atoms. The maximum Gasteiger partial charge on any atom is 0.244 e. The number of nitrogens with zero attached hydrogens (tertiary/aromatic N) is 1. The Balaban J connectivity index is 2.11. The quantitative estimate of drug-likeness (QED) is 0.933. The summed E-state index contributed by atoms with van der Waals surface area (Å²) in [7, 11) is 1.70. The van der Waals surface area contributed by atoms with E-state index in [0.717, 1.165) is 11.1 Å². The molecule has 0 fully saturated rings. The Hall–Kier alpha value is -1.55. The van der Waals surface area contributed by atoms with Crippen molar-refractivity contribution in [2.75, 3.05) is 7.05 Å². The predicted molar refractivity (Wildman–Crippen MR) is 86.3 cm³/mol. The van der Waals surface area contributed by atoms with Gasteiger partial charge in [-0.2, -0.15) is 0 Å². The lowest BCUT2D eigenvalue weighted by molar-refractivity contribution is -0.131. The molecule has 21 heavy (non-hydrogen) atoms. The first kappa shape index (κ1) is 15.8. The molecule has 2 rings (SSSR count). The molecule has 2 aromatic rings. The van der Waals surface area contributed by atoms with Crippen LogP contribution in [0.3, 0.4) is 0 Å². The molecule has 0 saturated carbocycles. The van der Waals surface area contributed by atoms with Gasteiger partial charge >= 0.3 is 0 Å². The summed E-state index contributed by atoms with van der Waals surface area (Å²) in [5, 5.41) is 0.939.